The summed E-state index contributed by atoms with van der Waals surface area (Å²) in [5, 5.41) is 17.8. The van der Waals surface area contributed by atoms with E-state index < -0.39 is 29.3 Å². The number of hydrogen-bond donors (Lipinski definition) is 2. The first kappa shape index (κ1) is 11.4. The summed E-state index contributed by atoms with van der Waals surface area (Å²) in [6.45, 7) is 1.47. The maximum Gasteiger partial charge on any atom is 0.303 e. The Labute approximate surface area is 85.0 Å². The molecule has 0 heterocycles. The molecule has 82 valence electrons. The van der Waals surface area contributed by atoms with Crippen molar-refractivity contribution in [3.05, 3.63) is 29.3 Å². The fourth-order valence-electron chi connectivity index (χ4n) is 1.33. The molecule has 0 fully saturated rings. The van der Waals surface area contributed by atoms with Crippen molar-refractivity contribution >= 4 is 5.97 Å². The maximum atomic E-state index is 12.9. The van der Waals surface area contributed by atoms with E-state index in [1.54, 1.807) is 0 Å². The number of carboxylic acid groups (broad SMARTS) is 1. The third-order valence-corrected chi connectivity index (χ3v) is 2.07. The highest BCUT2D eigenvalue weighted by atomic mass is 19.1. The zero-order valence-electron chi connectivity index (χ0n) is 8.00. The first-order valence-corrected chi connectivity index (χ1v) is 4.31. The quantitative estimate of drug-likeness (QED) is 0.814. The van der Waals surface area contributed by atoms with Crippen LogP contribution in [-0.4, -0.2) is 16.2 Å². The Kier molecular flexibility index (Phi) is 3.24. The lowest BCUT2D eigenvalue weighted by Crippen LogP contribution is -2.04. The zero-order chi connectivity index (χ0) is 11.6. The van der Waals surface area contributed by atoms with Gasteiger partial charge in [0.25, 0.3) is 0 Å². The second-order valence-corrected chi connectivity index (χ2v) is 3.32. The molecule has 2 N–H and O–H groups in total. The molecular weight excluding hydrogens is 206 g/mol. The third kappa shape index (κ3) is 2.65. The van der Waals surface area contributed by atoms with Crippen LogP contribution in [0, 0.1) is 11.6 Å². The molecule has 3 nitrogen and oxygen atoms in total. The highest BCUT2D eigenvalue weighted by Crippen LogP contribution is 2.31. The normalized spacial score (nSPS) is 12.5. The highest BCUT2D eigenvalue weighted by Gasteiger charge is 2.18. The minimum absolute atomic E-state index is 0.0325. The van der Waals surface area contributed by atoms with Crippen molar-refractivity contribution in [2.24, 2.45) is 0 Å². The second kappa shape index (κ2) is 4.25. The van der Waals surface area contributed by atoms with Gasteiger partial charge in [-0.1, -0.05) is 6.92 Å². The van der Waals surface area contributed by atoms with Crippen molar-refractivity contribution < 1.29 is 23.8 Å². The van der Waals surface area contributed by atoms with E-state index >= 15 is 0 Å². The molecule has 15 heavy (non-hydrogen) atoms. The van der Waals surface area contributed by atoms with Crippen LogP contribution < -0.4 is 0 Å². The summed E-state index contributed by atoms with van der Waals surface area (Å²) in [4.78, 5) is 10.4. The van der Waals surface area contributed by atoms with E-state index in [-0.39, 0.29) is 12.0 Å². The van der Waals surface area contributed by atoms with Gasteiger partial charge in [-0.15, -0.1) is 0 Å². The standard InChI is InChI=1S/C10H10F2O3/c1-5(2-9(13)14)7-3-6(11)4-8(12)10(7)15/h3-5,15H,2H2,1H3,(H,13,14). The molecule has 0 amide bonds. The van der Waals surface area contributed by atoms with Crippen molar-refractivity contribution in [2.75, 3.05) is 0 Å². The zero-order valence-corrected chi connectivity index (χ0v) is 8.00. The van der Waals surface area contributed by atoms with Gasteiger partial charge in [-0.3, -0.25) is 4.79 Å². The van der Waals surface area contributed by atoms with E-state index in [9.17, 15) is 18.7 Å². The minimum Gasteiger partial charge on any atom is -0.505 e. The molecule has 1 aromatic carbocycles. The van der Waals surface area contributed by atoms with Gasteiger partial charge in [-0.25, -0.2) is 8.78 Å². The summed E-state index contributed by atoms with van der Waals surface area (Å²) in [5.74, 6) is -4.34. The summed E-state index contributed by atoms with van der Waals surface area (Å²) in [5.41, 5.74) is -0.0325. The van der Waals surface area contributed by atoms with Crippen molar-refractivity contribution in [1.82, 2.24) is 0 Å². The lowest BCUT2D eigenvalue weighted by Gasteiger charge is -2.11. The predicted octanol–water partition coefficient (Wildman–Crippen LogP) is 2.25. The van der Waals surface area contributed by atoms with Crippen molar-refractivity contribution in [2.45, 2.75) is 19.3 Å². The van der Waals surface area contributed by atoms with E-state index in [1.165, 1.54) is 6.92 Å². The van der Waals surface area contributed by atoms with E-state index in [4.69, 9.17) is 5.11 Å². The molecular formula is C10H10F2O3. The molecule has 0 saturated carbocycles. The molecule has 0 spiro atoms. The van der Waals surface area contributed by atoms with Crippen molar-refractivity contribution in [1.29, 1.82) is 0 Å². The first-order chi connectivity index (χ1) is 6.91. The summed E-state index contributed by atoms with van der Waals surface area (Å²) >= 11 is 0. The van der Waals surface area contributed by atoms with Gasteiger partial charge in [0.1, 0.15) is 5.82 Å². The molecule has 5 heteroatoms. The summed E-state index contributed by atoms with van der Waals surface area (Å²) in [7, 11) is 0. The van der Waals surface area contributed by atoms with Crippen LogP contribution in [0.4, 0.5) is 8.78 Å². The summed E-state index contributed by atoms with van der Waals surface area (Å²) in [6, 6.07) is 1.48. The topological polar surface area (TPSA) is 57.5 Å². The number of carboxylic acids is 1. The van der Waals surface area contributed by atoms with Crippen molar-refractivity contribution in [3.63, 3.8) is 0 Å². The number of aliphatic carboxylic acids is 1. The van der Waals surface area contributed by atoms with Crippen LogP contribution >= 0.6 is 0 Å². The highest BCUT2D eigenvalue weighted by molar-refractivity contribution is 5.68. The molecule has 0 aliphatic heterocycles. The lowest BCUT2D eigenvalue weighted by atomic mass is 9.96. The number of hydrogen-bond acceptors (Lipinski definition) is 2. The van der Waals surface area contributed by atoms with E-state index in [0.717, 1.165) is 6.07 Å². The Morgan fingerprint density at radius 1 is 1.47 bits per heavy atom. The van der Waals surface area contributed by atoms with E-state index in [1.807, 2.05) is 0 Å². The molecule has 0 aromatic heterocycles. The number of phenolic OH excluding ortho intramolecular Hbond substituents is 1. The average molecular weight is 216 g/mol. The van der Waals surface area contributed by atoms with Gasteiger partial charge in [0.05, 0.1) is 6.42 Å². The number of rotatable bonds is 3. The van der Waals surface area contributed by atoms with E-state index in [2.05, 4.69) is 0 Å². The van der Waals surface area contributed by atoms with Crippen molar-refractivity contribution in [3.8, 4) is 5.75 Å². The van der Waals surface area contributed by atoms with Crippen LogP contribution in [0.3, 0.4) is 0 Å². The largest absolute Gasteiger partial charge is 0.505 e. The first-order valence-electron chi connectivity index (χ1n) is 4.31. The molecule has 0 radical (unpaired) electrons. The Morgan fingerprint density at radius 3 is 2.60 bits per heavy atom. The molecule has 1 unspecified atom stereocenters. The Balaban J connectivity index is 3.07. The lowest BCUT2D eigenvalue weighted by molar-refractivity contribution is -0.137. The van der Waals surface area contributed by atoms with Crippen LogP contribution in [-0.2, 0) is 4.79 Å². The molecule has 0 aliphatic carbocycles. The molecule has 1 aromatic rings. The van der Waals surface area contributed by atoms with Crippen LogP contribution in [0.1, 0.15) is 24.8 Å². The van der Waals surface area contributed by atoms with Crippen LogP contribution in [0.2, 0.25) is 0 Å². The number of halogens is 2. The second-order valence-electron chi connectivity index (χ2n) is 3.32. The molecule has 1 atom stereocenters. The average Bonchev–Trinajstić information content (AvgIpc) is 2.09. The molecule has 0 aliphatic rings. The Hall–Kier alpha value is -1.65. The van der Waals surface area contributed by atoms with Gasteiger partial charge >= 0.3 is 5.97 Å². The number of benzene rings is 1. The molecule has 0 saturated heterocycles. The maximum absolute atomic E-state index is 12.9. The van der Waals surface area contributed by atoms with Gasteiger partial charge in [-0.2, -0.15) is 0 Å². The number of aromatic hydroxyl groups is 1. The van der Waals surface area contributed by atoms with Gasteiger partial charge in [-0.05, 0) is 12.0 Å². The van der Waals surface area contributed by atoms with Crippen LogP contribution in [0.5, 0.6) is 5.75 Å². The third-order valence-electron chi connectivity index (χ3n) is 2.07. The van der Waals surface area contributed by atoms with Gasteiger partial charge < -0.3 is 10.2 Å². The number of carbonyl (C=O) groups is 1. The van der Waals surface area contributed by atoms with Gasteiger partial charge in [0.15, 0.2) is 11.6 Å². The SMILES string of the molecule is CC(CC(=O)O)c1cc(F)cc(F)c1O. The monoisotopic (exact) mass is 216 g/mol. The Bertz CT molecular complexity index is 390. The predicted molar refractivity (Wildman–Crippen MR) is 48.7 cm³/mol. The summed E-state index contributed by atoms with van der Waals surface area (Å²) in [6.07, 6.45) is -0.295. The number of phenols is 1. The van der Waals surface area contributed by atoms with E-state index in [0.29, 0.717) is 6.07 Å². The molecule has 1 rings (SSSR count). The smallest absolute Gasteiger partial charge is 0.303 e. The van der Waals surface area contributed by atoms with Gasteiger partial charge in [0, 0.05) is 11.6 Å². The summed E-state index contributed by atoms with van der Waals surface area (Å²) < 4.78 is 25.7. The van der Waals surface area contributed by atoms with Gasteiger partial charge in [0.2, 0.25) is 0 Å². The minimum atomic E-state index is -1.09. The van der Waals surface area contributed by atoms with Crippen LogP contribution in [0.15, 0.2) is 12.1 Å². The Morgan fingerprint density at radius 2 is 2.07 bits per heavy atom. The fraction of sp³-hybridized carbons (Fsp3) is 0.300. The fourth-order valence-corrected chi connectivity index (χ4v) is 1.33. The molecule has 0 bridgehead atoms. The van der Waals surface area contributed by atoms with Crippen LogP contribution in [0.25, 0.3) is 0 Å².